The third kappa shape index (κ3) is 7.28. The van der Waals surface area contributed by atoms with Gasteiger partial charge in [-0.05, 0) is 27.2 Å². The molecule has 0 spiro atoms. The van der Waals surface area contributed by atoms with E-state index in [-0.39, 0.29) is 5.54 Å². The topological polar surface area (TPSA) is 38.5 Å². The van der Waals surface area contributed by atoms with Crippen molar-refractivity contribution in [1.29, 1.82) is 0 Å². The first-order chi connectivity index (χ1) is 9.01. The van der Waals surface area contributed by atoms with Gasteiger partial charge in [0.05, 0.1) is 6.61 Å². The number of ether oxygens (including phenoxy) is 1. The maximum atomic E-state index is 6.08. The Kier molecular flexibility index (Phi) is 10.6. The van der Waals surface area contributed by atoms with Gasteiger partial charge >= 0.3 is 0 Å². The summed E-state index contributed by atoms with van der Waals surface area (Å²) in [6.07, 6.45) is 7.83. The molecule has 0 bridgehead atoms. The molecule has 0 aromatic heterocycles. The van der Waals surface area contributed by atoms with E-state index in [9.17, 15) is 0 Å². The number of nitrogens with two attached hydrogens (primary N) is 1. The molecular weight excluding hydrogens is 236 g/mol. The van der Waals surface area contributed by atoms with Gasteiger partial charge in [-0.15, -0.1) is 0 Å². The number of methoxy groups -OCH3 is 1. The van der Waals surface area contributed by atoms with Gasteiger partial charge in [0.15, 0.2) is 0 Å². The van der Waals surface area contributed by atoms with E-state index < -0.39 is 0 Å². The standard InChI is InChI=1S/C16H36N2O/c1-6-7-8-9-10-11-16(4,14-17)18(15(2)3)12-13-19-5/h15H,6-14,17H2,1-5H3. The van der Waals surface area contributed by atoms with E-state index in [0.717, 1.165) is 19.7 Å². The minimum Gasteiger partial charge on any atom is -0.383 e. The predicted molar refractivity (Wildman–Crippen MR) is 84.6 cm³/mol. The SMILES string of the molecule is CCCCCCCC(C)(CN)N(CCOC)C(C)C. The number of nitrogens with zero attached hydrogens (tertiary/aromatic N) is 1. The van der Waals surface area contributed by atoms with Gasteiger partial charge in [-0.1, -0.05) is 39.0 Å². The lowest BCUT2D eigenvalue weighted by Gasteiger charge is -2.43. The minimum absolute atomic E-state index is 0.110. The first-order valence-corrected chi connectivity index (χ1v) is 7.97. The summed E-state index contributed by atoms with van der Waals surface area (Å²) >= 11 is 0. The second-order valence-electron chi connectivity index (χ2n) is 6.15. The molecule has 0 heterocycles. The van der Waals surface area contributed by atoms with E-state index in [1.54, 1.807) is 7.11 Å². The van der Waals surface area contributed by atoms with Crippen LogP contribution in [0.5, 0.6) is 0 Å². The molecule has 0 radical (unpaired) electrons. The van der Waals surface area contributed by atoms with Crippen LogP contribution in [-0.2, 0) is 4.74 Å². The maximum Gasteiger partial charge on any atom is 0.0590 e. The van der Waals surface area contributed by atoms with Crippen LogP contribution in [0.1, 0.15) is 66.2 Å². The third-order valence-electron chi connectivity index (χ3n) is 4.11. The van der Waals surface area contributed by atoms with Crippen molar-refractivity contribution in [3.8, 4) is 0 Å². The molecule has 0 aliphatic rings. The summed E-state index contributed by atoms with van der Waals surface area (Å²) in [5.41, 5.74) is 6.19. The molecule has 0 aliphatic heterocycles. The fourth-order valence-corrected chi connectivity index (χ4v) is 2.81. The summed E-state index contributed by atoms with van der Waals surface area (Å²) in [6, 6.07) is 0.513. The summed E-state index contributed by atoms with van der Waals surface area (Å²) in [5, 5.41) is 0. The molecule has 0 aromatic rings. The summed E-state index contributed by atoms with van der Waals surface area (Å²) in [5.74, 6) is 0. The molecular formula is C16H36N2O. The van der Waals surface area contributed by atoms with Gasteiger partial charge in [-0.25, -0.2) is 0 Å². The highest BCUT2D eigenvalue weighted by atomic mass is 16.5. The number of hydrogen-bond acceptors (Lipinski definition) is 3. The van der Waals surface area contributed by atoms with E-state index in [4.69, 9.17) is 10.5 Å². The smallest absolute Gasteiger partial charge is 0.0590 e. The Labute approximate surface area is 120 Å². The van der Waals surface area contributed by atoms with Crippen molar-refractivity contribution in [3.63, 3.8) is 0 Å². The van der Waals surface area contributed by atoms with E-state index in [0.29, 0.717) is 6.04 Å². The number of unbranched alkanes of at least 4 members (excludes halogenated alkanes) is 4. The Morgan fingerprint density at radius 2 is 1.79 bits per heavy atom. The van der Waals surface area contributed by atoms with Crippen LogP contribution in [0.25, 0.3) is 0 Å². The molecule has 3 heteroatoms. The zero-order chi connectivity index (χ0) is 14.7. The monoisotopic (exact) mass is 272 g/mol. The Morgan fingerprint density at radius 1 is 1.16 bits per heavy atom. The van der Waals surface area contributed by atoms with Crippen molar-refractivity contribution in [2.45, 2.75) is 77.8 Å². The van der Waals surface area contributed by atoms with Gasteiger partial charge in [0, 0.05) is 31.8 Å². The molecule has 116 valence electrons. The van der Waals surface area contributed by atoms with Gasteiger partial charge in [-0.3, -0.25) is 4.90 Å². The minimum atomic E-state index is 0.110. The zero-order valence-corrected chi connectivity index (χ0v) is 13.9. The van der Waals surface area contributed by atoms with E-state index in [2.05, 4.69) is 32.6 Å². The lowest BCUT2D eigenvalue weighted by molar-refractivity contribution is 0.0381. The summed E-state index contributed by atoms with van der Waals surface area (Å²) in [6.45, 7) is 11.5. The third-order valence-corrected chi connectivity index (χ3v) is 4.11. The molecule has 2 N–H and O–H groups in total. The Balaban J connectivity index is 4.34. The van der Waals surface area contributed by atoms with Crippen molar-refractivity contribution in [3.05, 3.63) is 0 Å². The van der Waals surface area contributed by atoms with E-state index in [1.807, 2.05) is 0 Å². The molecule has 1 atom stereocenters. The second-order valence-corrected chi connectivity index (χ2v) is 6.15. The highest BCUT2D eigenvalue weighted by Gasteiger charge is 2.31. The summed E-state index contributed by atoms with van der Waals surface area (Å²) in [4.78, 5) is 2.51. The van der Waals surface area contributed by atoms with Crippen molar-refractivity contribution >= 4 is 0 Å². The lowest BCUT2D eigenvalue weighted by atomic mass is 9.90. The second kappa shape index (κ2) is 10.6. The first kappa shape index (κ1) is 18.9. The van der Waals surface area contributed by atoms with Crippen LogP contribution in [0.3, 0.4) is 0 Å². The van der Waals surface area contributed by atoms with Gasteiger partial charge in [-0.2, -0.15) is 0 Å². The summed E-state index contributed by atoms with van der Waals surface area (Å²) in [7, 11) is 1.77. The molecule has 0 saturated carbocycles. The van der Waals surface area contributed by atoms with Crippen LogP contribution in [0, 0.1) is 0 Å². The Bertz CT molecular complexity index is 209. The maximum absolute atomic E-state index is 6.08. The number of hydrogen-bond donors (Lipinski definition) is 1. The van der Waals surface area contributed by atoms with Crippen LogP contribution < -0.4 is 5.73 Å². The normalized spacial score (nSPS) is 15.2. The quantitative estimate of drug-likeness (QED) is 0.553. The molecule has 0 saturated heterocycles. The average Bonchev–Trinajstić information content (AvgIpc) is 2.38. The molecule has 0 aromatic carbocycles. The fraction of sp³-hybridized carbons (Fsp3) is 1.00. The molecule has 0 aliphatic carbocycles. The largest absolute Gasteiger partial charge is 0.383 e. The first-order valence-electron chi connectivity index (χ1n) is 7.97. The predicted octanol–water partition coefficient (Wildman–Crippen LogP) is 3.42. The summed E-state index contributed by atoms with van der Waals surface area (Å²) < 4.78 is 5.24. The van der Waals surface area contributed by atoms with Crippen molar-refractivity contribution in [2.24, 2.45) is 5.73 Å². The van der Waals surface area contributed by atoms with Gasteiger partial charge in [0.2, 0.25) is 0 Å². The molecule has 19 heavy (non-hydrogen) atoms. The molecule has 0 amide bonds. The fourth-order valence-electron chi connectivity index (χ4n) is 2.81. The molecule has 0 fully saturated rings. The van der Waals surface area contributed by atoms with E-state index in [1.165, 1.54) is 38.5 Å². The zero-order valence-electron chi connectivity index (χ0n) is 13.9. The highest BCUT2D eigenvalue weighted by Crippen LogP contribution is 2.24. The van der Waals surface area contributed by atoms with Crippen molar-refractivity contribution < 1.29 is 4.74 Å². The van der Waals surface area contributed by atoms with Crippen molar-refractivity contribution in [2.75, 3.05) is 26.8 Å². The van der Waals surface area contributed by atoms with Gasteiger partial charge < -0.3 is 10.5 Å². The van der Waals surface area contributed by atoms with Crippen molar-refractivity contribution in [1.82, 2.24) is 4.90 Å². The lowest BCUT2D eigenvalue weighted by Crippen LogP contribution is -2.55. The van der Waals surface area contributed by atoms with Crippen LogP contribution in [0.4, 0.5) is 0 Å². The molecule has 3 nitrogen and oxygen atoms in total. The van der Waals surface area contributed by atoms with Gasteiger partial charge in [0.25, 0.3) is 0 Å². The van der Waals surface area contributed by atoms with Crippen LogP contribution >= 0.6 is 0 Å². The van der Waals surface area contributed by atoms with Crippen LogP contribution in [0.2, 0.25) is 0 Å². The number of rotatable bonds is 12. The van der Waals surface area contributed by atoms with Gasteiger partial charge in [0.1, 0.15) is 0 Å². The molecule has 0 rings (SSSR count). The average molecular weight is 272 g/mol. The van der Waals surface area contributed by atoms with Crippen LogP contribution in [-0.4, -0.2) is 43.3 Å². The molecule has 1 unspecified atom stereocenters. The van der Waals surface area contributed by atoms with Crippen LogP contribution in [0.15, 0.2) is 0 Å². The van der Waals surface area contributed by atoms with E-state index >= 15 is 0 Å². The Morgan fingerprint density at radius 3 is 2.26 bits per heavy atom. The highest BCUT2D eigenvalue weighted by molar-refractivity contribution is 4.89. The Hall–Kier alpha value is -0.120.